The van der Waals surface area contributed by atoms with Crippen molar-refractivity contribution in [1.29, 1.82) is 0 Å². The summed E-state index contributed by atoms with van der Waals surface area (Å²) in [5, 5.41) is 9.95. The number of benzene rings is 1. The van der Waals surface area contributed by atoms with Crippen molar-refractivity contribution in [2.24, 2.45) is 0 Å². The van der Waals surface area contributed by atoms with E-state index in [1.165, 1.54) is 6.07 Å². The predicted molar refractivity (Wildman–Crippen MR) is 103 cm³/mol. The molecule has 2 heterocycles. The van der Waals surface area contributed by atoms with Gasteiger partial charge in [-0.2, -0.15) is 0 Å². The number of nitrogens with zero attached hydrogens (tertiary/aromatic N) is 3. The van der Waals surface area contributed by atoms with Gasteiger partial charge in [0.15, 0.2) is 0 Å². The highest BCUT2D eigenvalue weighted by Gasteiger charge is 2.30. The maximum Gasteiger partial charge on any atom is 0.410 e. The number of carbonyl (C=O) groups excluding carboxylic acids is 1. The van der Waals surface area contributed by atoms with E-state index in [-0.39, 0.29) is 17.8 Å². The van der Waals surface area contributed by atoms with Gasteiger partial charge >= 0.3 is 12.1 Å². The number of amides is 1. The number of hydrogen-bond acceptors (Lipinski definition) is 5. The maximum absolute atomic E-state index is 12.3. The van der Waals surface area contributed by atoms with Gasteiger partial charge in [0.25, 0.3) is 0 Å². The molecule has 7 heteroatoms. The van der Waals surface area contributed by atoms with Crippen molar-refractivity contribution in [2.75, 3.05) is 24.5 Å². The number of fused-ring (bicyclic) bond motifs is 1. The van der Waals surface area contributed by atoms with E-state index in [1.807, 2.05) is 39.0 Å². The lowest BCUT2D eigenvalue weighted by Crippen LogP contribution is -2.54. The Labute approximate surface area is 158 Å². The van der Waals surface area contributed by atoms with Crippen molar-refractivity contribution in [3.63, 3.8) is 0 Å². The molecular weight excluding hydrogens is 346 g/mol. The Bertz CT molecular complexity index is 875. The molecule has 1 atom stereocenters. The van der Waals surface area contributed by atoms with Gasteiger partial charge in [-0.15, -0.1) is 0 Å². The van der Waals surface area contributed by atoms with Crippen LogP contribution < -0.4 is 4.90 Å². The Morgan fingerprint density at radius 1 is 1.19 bits per heavy atom. The van der Waals surface area contributed by atoms with Crippen molar-refractivity contribution in [3.05, 3.63) is 36.0 Å². The van der Waals surface area contributed by atoms with Gasteiger partial charge in [-0.1, -0.05) is 6.07 Å². The fourth-order valence-electron chi connectivity index (χ4n) is 3.24. The molecule has 1 N–H and O–H groups in total. The standard InChI is InChI=1S/C20H25N3O4/c1-13-12-22(19(26)27-20(2,3)4)9-10-23(13)15-6-8-16-14(11-15)5-7-17(21-16)18(24)25/h5-8,11,13H,9-10,12H2,1-4H3,(H,24,25). The number of anilines is 1. The summed E-state index contributed by atoms with van der Waals surface area (Å²) >= 11 is 0. The van der Waals surface area contributed by atoms with Crippen LogP contribution in [0.2, 0.25) is 0 Å². The first kappa shape index (κ1) is 18.9. The van der Waals surface area contributed by atoms with E-state index in [4.69, 9.17) is 9.84 Å². The maximum atomic E-state index is 12.3. The van der Waals surface area contributed by atoms with Gasteiger partial charge in [-0.05, 0) is 52.0 Å². The number of hydrogen-bond donors (Lipinski definition) is 1. The highest BCUT2D eigenvalue weighted by molar-refractivity contribution is 5.90. The third kappa shape index (κ3) is 4.30. The quantitative estimate of drug-likeness (QED) is 0.871. The number of rotatable bonds is 2. The van der Waals surface area contributed by atoms with Gasteiger partial charge in [0.1, 0.15) is 11.3 Å². The molecule has 1 aliphatic rings. The predicted octanol–water partition coefficient (Wildman–Crippen LogP) is 3.38. The molecular formula is C20H25N3O4. The number of ether oxygens (including phenoxy) is 1. The van der Waals surface area contributed by atoms with E-state index >= 15 is 0 Å². The lowest BCUT2D eigenvalue weighted by atomic mass is 10.1. The summed E-state index contributed by atoms with van der Waals surface area (Å²) in [4.78, 5) is 31.5. The summed E-state index contributed by atoms with van der Waals surface area (Å²) in [5.41, 5.74) is 1.22. The second-order valence-corrected chi connectivity index (χ2v) is 7.85. The third-order valence-corrected chi connectivity index (χ3v) is 4.50. The van der Waals surface area contributed by atoms with Crippen LogP contribution in [0.5, 0.6) is 0 Å². The molecule has 1 saturated heterocycles. The molecule has 1 fully saturated rings. The first-order valence-corrected chi connectivity index (χ1v) is 9.03. The zero-order chi connectivity index (χ0) is 19.8. The van der Waals surface area contributed by atoms with Crippen LogP contribution in [0.1, 0.15) is 38.2 Å². The van der Waals surface area contributed by atoms with Crippen LogP contribution in [0, 0.1) is 0 Å². The fraction of sp³-hybridized carbons (Fsp3) is 0.450. The molecule has 1 aliphatic heterocycles. The first-order valence-electron chi connectivity index (χ1n) is 9.03. The summed E-state index contributed by atoms with van der Waals surface area (Å²) < 4.78 is 5.47. The minimum atomic E-state index is -1.03. The second kappa shape index (κ2) is 7.06. The monoisotopic (exact) mass is 371 g/mol. The molecule has 1 unspecified atom stereocenters. The number of aromatic nitrogens is 1. The van der Waals surface area contributed by atoms with E-state index in [0.29, 0.717) is 25.2 Å². The molecule has 1 amide bonds. The lowest BCUT2D eigenvalue weighted by molar-refractivity contribution is 0.0218. The molecule has 27 heavy (non-hydrogen) atoms. The van der Waals surface area contributed by atoms with Crippen molar-refractivity contribution in [3.8, 4) is 0 Å². The van der Waals surface area contributed by atoms with Crippen LogP contribution in [-0.4, -0.2) is 58.3 Å². The summed E-state index contributed by atoms with van der Waals surface area (Å²) in [7, 11) is 0. The van der Waals surface area contributed by atoms with Crippen molar-refractivity contribution in [2.45, 2.75) is 39.3 Å². The van der Waals surface area contributed by atoms with Crippen molar-refractivity contribution < 1.29 is 19.4 Å². The first-order chi connectivity index (χ1) is 12.6. The van der Waals surface area contributed by atoms with E-state index in [0.717, 1.165) is 11.1 Å². The van der Waals surface area contributed by atoms with Crippen LogP contribution in [-0.2, 0) is 4.74 Å². The third-order valence-electron chi connectivity index (χ3n) is 4.50. The summed E-state index contributed by atoms with van der Waals surface area (Å²) in [5.74, 6) is -1.03. The zero-order valence-corrected chi connectivity index (χ0v) is 16.1. The Hall–Kier alpha value is -2.83. The Balaban J connectivity index is 1.75. The molecule has 0 radical (unpaired) electrons. The number of carbonyl (C=O) groups is 2. The molecule has 1 aromatic heterocycles. The van der Waals surface area contributed by atoms with E-state index in [9.17, 15) is 9.59 Å². The Morgan fingerprint density at radius 3 is 2.56 bits per heavy atom. The van der Waals surface area contributed by atoms with Gasteiger partial charge in [0.2, 0.25) is 0 Å². The van der Waals surface area contributed by atoms with Gasteiger partial charge in [-0.3, -0.25) is 0 Å². The number of aromatic carboxylic acids is 1. The SMILES string of the molecule is CC1CN(C(=O)OC(C)(C)C)CCN1c1ccc2nc(C(=O)O)ccc2c1. The minimum absolute atomic E-state index is 0.0367. The van der Waals surface area contributed by atoms with Gasteiger partial charge < -0.3 is 19.6 Å². The zero-order valence-electron chi connectivity index (χ0n) is 16.1. The Morgan fingerprint density at radius 2 is 1.93 bits per heavy atom. The molecule has 0 spiro atoms. The summed E-state index contributed by atoms with van der Waals surface area (Å²) in [6.45, 7) is 9.55. The second-order valence-electron chi connectivity index (χ2n) is 7.85. The molecule has 0 aliphatic carbocycles. The molecule has 7 nitrogen and oxygen atoms in total. The minimum Gasteiger partial charge on any atom is -0.477 e. The Kier molecular flexibility index (Phi) is 4.95. The number of pyridine rings is 1. The molecule has 0 bridgehead atoms. The number of piperazine rings is 1. The summed E-state index contributed by atoms with van der Waals surface area (Å²) in [6.07, 6.45) is -0.280. The van der Waals surface area contributed by atoms with Crippen LogP contribution in [0.3, 0.4) is 0 Å². The van der Waals surface area contributed by atoms with Crippen LogP contribution in [0.15, 0.2) is 30.3 Å². The molecule has 2 aromatic rings. The van der Waals surface area contributed by atoms with E-state index in [2.05, 4.69) is 16.8 Å². The molecule has 1 aromatic carbocycles. The van der Waals surface area contributed by atoms with E-state index < -0.39 is 11.6 Å². The lowest BCUT2D eigenvalue weighted by Gasteiger charge is -2.41. The molecule has 0 saturated carbocycles. The molecule has 3 rings (SSSR count). The average Bonchev–Trinajstić information content (AvgIpc) is 2.59. The van der Waals surface area contributed by atoms with Gasteiger partial charge in [0, 0.05) is 36.7 Å². The number of carboxylic acids is 1. The van der Waals surface area contributed by atoms with Gasteiger partial charge in [0.05, 0.1) is 5.52 Å². The smallest absolute Gasteiger partial charge is 0.410 e. The van der Waals surface area contributed by atoms with Crippen molar-refractivity contribution >= 4 is 28.7 Å². The van der Waals surface area contributed by atoms with Gasteiger partial charge in [-0.25, -0.2) is 14.6 Å². The van der Waals surface area contributed by atoms with Crippen molar-refractivity contribution in [1.82, 2.24) is 9.88 Å². The normalized spacial score (nSPS) is 17.9. The van der Waals surface area contributed by atoms with Crippen LogP contribution in [0.25, 0.3) is 10.9 Å². The molecule has 144 valence electrons. The largest absolute Gasteiger partial charge is 0.477 e. The highest BCUT2D eigenvalue weighted by Crippen LogP contribution is 2.25. The fourth-order valence-corrected chi connectivity index (χ4v) is 3.24. The average molecular weight is 371 g/mol. The van der Waals surface area contributed by atoms with Crippen LogP contribution >= 0.6 is 0 Å². The topological polar surface area (TPSA) is 83.0 Å². The summed E-state index contributed by atoms with van der Waals surface area (Å²) in [6, 6.07) is 9.21. The van der Waals surface area contributed by atoms with Crippen LogP contribution in [0.4, 0.5) is 10.5 Å². The number of carboxylic acid groups (broad SMARTS) is 1. The highest BCUT2D eigenvalue weighted by atomic mass is 16.6. The van der Waals surface area contributed by atoms with E-state index in [1.54, 1.807) is 11.0 Å².